The molecule has 1 aliphatic rings. The number of carbonyl (C=O) groups is 2. The van der Waals surface area contributed by atoms with Gasteiger partial charge in [-0.2, -0.15) is 0 Å². The van der Waals surface area contributed by atoms with Crippen LogP contribution in [0.3, 0.4) is 0 Å². The summed E-state index contributed by atoms with van der Waals surface area (Å²) in [6, 6.07) is 11.9. The number of methoxy groups -OCH3 is 1. The van der Waals surface area contributed by atoms with Gasteiger partial charge in [-0.25, -0.2) is 0 Å². The number of rotatable bonds is 6. The highest BCUT2D eigenvalue weighted by Gasteiger charge is 2.24. The molecule has 0 bridgehead atoms. The van der Waals surface area contributed by atoms with Crippen molar-refractivity contribution in [1.29, 1.82) is 0 Å². The van der Waals surface area contributed by atoms with Crippen molar-refractivity contribution >= 4 is 35.0 Å². The molecule has 0 unspecified atom stereocenters. The number of hydrogen-bond acceptors (Lipinski definition) is 4. The Morgan fingerprint density at radius 2 is 1.79 bits per heavy atom. The lowest BCUT2D eigenvalue weighted by atomic mass is 10.0. The monoisotopic (exact) mass is 436 g/mol. The zero-order valence-corrected chi connectivity index (χ0v) is 17.5. The van der Waals surface area contributed by atoms with Crippen LogP contribution in [0.25, 0.3) is 0 Å². The summed E-state index contributed by atoms with van der Waals surface area (Å²) >= 11 is 11.9. The van der Waals surface area contributed by atoms with Crippen molar-refractivity contribution in [2.24, 2.45) is 0 Å². The summed E-state index contributed by atoms with van der Waals surface area (Å²) in [4.78, 5) is 26.6. The first kappa shape index (κ1) is 21.3. The molecule has 1 fully saturated rings. The van der Waals surface area contributed by atoms with Crippen molar-refractivity contribution in [2.45, 2.75) is 18.9 Å². The molecule has 0 aromatic heterocycles. The van der Waals surface area contributed by atoms with Gasteiger partial charge in [0.15, 0.2) is 6.61 Å². The van der Waals surface area contributed by atoms with E-state index in [4.69, 9.17) is 32.7 Å². The summed E-state index contributed by atoms with van der Waals surface area (Å²) in [5.41, 5.74) is 0.626. The Kier molecular flexibility index (Phi) is 7.23. The molecule has 6 nitrogen and oxygen atoms in total. The van der Waals surface area contributed by atoms with Gasteiger partial charge in [-0.1, -0.05) is 23.2 Å². The van der Waals surface area contributed by atoms with E-state index in [9.17, 15) is 9.59 Å². The predicted octanol–water partition coefficient (Wildman–Crippen LogP) is 3.80. The average Bonchev–Trinajstić information content (AvgIpc) is 2.73. The summed E-state index contributed by atoms with van der Waals surface area (Å²) in [6.45, 7) is 1.03. The molecule has 0 atom stereocenters. The minimum atomic E-state index is -0.226. The first-order chi connectivity index (χ1) is 14.0. The van der Waals surface area contributed by atoms with Crippen molar-refractivity contribution in [3.05, 3.63) is 58.1 Å². The van der Waals surface area contributed by atoms with E-state index in [1.165, 1.54) is 0 Å². The fourth-order valence-electron chi connectivity index (χ4n) is 3.15. The van der Waals surface area contributed by atoms with Gasteiger partial charge in [0.25, 0.3) is 11.8 Å². The molecule has 0 spiro atoms. The minimum absolute atomic E-state index is 0.00621. The molecule has 2 aromatic rings. The topological polar surface area (TPSA) is 67.9 Å². The number of piperidine rings is 1. The largest absolute Gasteiger partial charge is 0.497 e. The van der Waals surface area contributed by atoms with E-state index in [2.05, 4.69) is 5.32 Å². The molecule has 1 heterocycles. The molecule has 0 radical (unpaired) electrons. The van der Waals surface area contributed by atoms with Gasteiger partial charge in [-0.15, -0.1) is 0 Å². The number of likely N-dealkylation sites (tertiary alicyclic amines) is 1. The van der Waals surface area contributed by atoms with Crippen LogP contribution in [0.5, 0.6) is 11.5 Å². The van der Waals surface area contributed by atoms with Crippen molar-refractivity contribution < 1.29 is 19.1 Å². The van der Waals surface area contributed by atoms with Crippen LogP contribution in [0.1, 0.15) is 23.2 Å². The van der Waals surface area contributed by atoms with E-state index >= 15 is 0 Å². The van der Waals surface area contributed by atoms with Crippen LogP contribution in [0.15, 0.2) is 42.5 Å². The van der Waals surface area contributed by atoms with E-state index in [1.807, 2.05) is 0 Å². The number of amides is 2. The fraction of sp³-hybridized carbons (Fsp3) is 0.333. The van der Waals surface area contributed by atoms with E-state index in [-0.39, 0.29) is 24.5 Å². The van der Waals surface area contributed by atoms with Gasteiger partial charge in [0.1, 0.15) is 11.5 Å². The van der Waals surface area contributed by atoms with E-state index in [0.717, 1.165) is 0 Å². The summed E-state index contributed by atoms with van der Waals surface area (Å²) in [7, 11) is 1.59. The van der Waals surface area contributed by atoms with Crippen molar-refractivity contribution in [2.75, 3.05) is 26.8 Å². The third-order valence-corrected chi connectivity index (χ3v) is 5.27. The lowest BCUT2D eigenvalue weighted by Gasteiger charge is -2.32. The Labute approximate surface area is 179 Å². The van der Waals surface area contributed by atoms with E-state index < -0.39 is 0 Å². The molecule has 0 saturated carbocycles. The summed E-state index contributed by atoms with van der Waals surface area (Å²) in [5.74, 6) is 0.880. The average molecular weight is 437 g/mol. The maximum atomic E-state index is 12.6. The molecule has 1 aliphatic heterocycles. The zero-order chi connectivity index (χ0) is 20.8. The lowest BCUT2D eigenvalue weighted by Crippen LogP contribution is -2.47. The highest BCUT2D eigenvalue weighted by molar-refractivity contribution is 6.35. The summed E-state index contributed by atoms with van der Waals surface area (Å²) in [5, 5.41) is 3.81. The number of nitrogens with zero attached hydrogens (tertiary/aromatic N) is 1. The molecule has 3 rings (SSSR count). The van der Waals surface area contributed by atoms with Crippen LogP contribution in [0.2, 0.25) is 10.0 Å². The van der Waals surface area contributed by atoms with E-state index in [0.29, 0.717) is 53.0 Å². The summed E-state index contributed by atoms with van der Waals surface area (Å²) < 4.78 is 10.6. The van der Waals surface area contributed by atoms with Gasteiger partial charge in [-0.3, -0.25) is 9.59 Å². The SMILES string of the molecule is COc1ccc(C(=O)N2CCC(NC(=O)COc3ccc(Cl)cc3Cl)CC2)cc1. The standard InChI is InChI=1S/C21H22Cl2N2O4/c1-28-17-5-2-14(3-6-17)21(27)25-10-8-16(9-11-25)24-20(26)13-29-19-7-4-15(22)12-18(19)23/h2-7,12,16H,8-11,13H2,1H3,(H,24,26). The molecule has 8 heteroatoms. The molecular formula is C21H22Cl2N2O4. The van der Waals surface area contributed by atoms with Crippen molar-refractivity contribution in [1.82, 2.24) is 10.2 Å². The molecule has 1 saturated heterocycles. The Morgan fingerprint density at radius 3 is 2.41 bits per heavy atom. The molecular weight excluding hydrogens is 415 g/mol. The van der Waals surface area contributed by atoms with Gasteiger partial charge >= 0.3 is 0 Å². The first-order valence-corrected chi connectivity index (χ1v) is 10.0. The van der Waals surface area contributed by atoms with Crippen molar-refractivity contribution in [3.8, 4) is 11.5 Å². The van der Waals surface area contributed by atoms with Crippen LogP contribution in [0, 0.1) is 0 Å². The van der Waals surface area contributed by atoms with Crippen LogP contribution in [-0.4, -0.2) is 49.6 Å². The molecule has 0 aliphatic carbocycles. The third kappa shape index (κ3) is 5.78. The second-order valence-corrected chi connectivity index (χ2v) is 7.57. The fourth-order valence-corrected chi connectivity index (χ4v) is 3.61. The van der Waals surface area contributed by atoms with Gasteiger partial charge in [0.05, 0.1) is 12.1 Å². The quantitative estimate of drug-likeness (QED) is 0.747. The second-order valence-electron chi connectivity index (χ2n) is 6.73. The first-order valence-electron chi connectivity index (χ1n) is 9.27. The van der Waals surface area contributed by atoms with Crippen LogP contribution >= 0.6 is 23.2 Å². The molecule has 2 amide bonds. The van der Waals surface area contributed by atoms with Crippen LogP contribution in [0.4, 0.5) is 0 Å². The molecule has 2 aromatic carbocycles. The van der Waals surface area contributed by atoms with Gasteiger partial charge in [0.2, 0.25) is 0 Å². The van der Waals surface area contributed by atoms with Gasteiger partial charge in [0, 0.05) is 29.7 Å². The number of hydrogen-bond donors (Lipinski definition) is 1. The normalized spacial score (nSPS) is 14.4. The van der Waals surface area contributed by atoms with E-state index in [1.54, 1.807) is 54.5 Å². The van der Waals surface area contributed by atoms with Gasteiger partial charge in [-0.05, 0) is 55.3 Å². The summed E-state index contributed by atoms with van der Waals surface area (Å²) in [6.07, 6.45) is 1.38. The lowest BCUT2D eigenvalue weighted by molar-refractivity contribution is -0.124. The van der Waals surface area contributed by atoms with Crippen LogP contribution in [-0.2, 0) is 4.79 Å². The zero-order valence-electron chi connectivity index (χ0n) is 16.0. The molecule has 154 valence electrons. The van der Waals surface area contributed by atoms with Gasteiger partial charge < -0.3 is 19.7 Å². The van der Waals surface area contributed by atoms with Crippen LogP contribution < -0.4 is 14.8 Å². The Hall–Kier alpha value is -2.44. The number of ether oxygens (including phenoxy) is 2. The Balaban J connectivity index is 1.44. The smallest absolute Gasteiger partial charge is 0.258 e. The number of halogens is 2. The minimum Gasteiger partial charge on any atom is -0.497 e. The highest BCUT2D eigenvalue weighted by atomic mass is 35.5. The number of nitrogens with one attached hydrogen (secondary N) is 1. The predicted molar refractivity (Wildman–Crippen MR) is 112 cm³/mol. The molecule has 1 N–H and O–H groups in total. The second kappa shape index (κ2) is 9.85. The Morgan fingerprint density at radius 1 is 1.10 bits per heavy atom. The molecule has 29 heavy (non-hydrogen) atoms. The Bertz CT molecular complexity index is 865. The maximum absolute atomic E-state index is 12.6. The maximum Gasteiger partial charge on any atom is 0.258 e. The number of carbonyl (C=O) groups excluding carboxylic acids is 2. The number of benzene rings is 2. The third-order valence-electron chi connectivity index (χ3n) is 4.74. The highest BCUT2D eigenvalue weighted by Crippen LogP contribution is 2.27. The van der Waals surface area contributed by atoms with Crippen molar-refractivity contribution in [3.63, 3.8) is 0 Å².